The number of benzene rings is 2. The molecule has 0 bridgehead atoms. The summed E-state index contributed by atoms with van der Waals surface area (Å²) in [5, 5.41) is 8.99. The van der Waals surface area contributed by atoms with Crippen LogP contribution in [-0.4, -0.2) is 55.0 Å². The molecule has 1 saturated heterocycles. The Morgan fingerprint density at radius 3 is 2.42 bits per heavy atom. The van der Waals surface area contributed by atoms with Crippen molar-refractivity contribution < 1.29 is 19.1 Å². The first-order valence-corrected chi connectivity index (χ1v) is 13.4. The molecule has 3 N–H and O–H groups in total. The number of hydrogen-bond acceptors (Lipinski definition) is 5. The van der Waals surface area contributed by atoms with Crippen molar-refractivity contribution in [1.29, 1.82) is 0 Å². The van der Waals surface area contributed by atoms with Crippen molar-refractivity contribution >= 4 is 23.4 Å². The molecule has 38 heavy (non-hydrogen) atoms. The fraction of sp³-hybridized carbons (Fsp3) is 0.500. The standard InChI is InChI=1S/C30H40N4O4/c1-19(31-5)27(35)33-25(20-13-15-38-16-14-20)29(37)34-18-21-9-6-7-12-24(21)26(34)28(36)32-23-11-8-10-22(17-23)30(2,3)4/h6-12,17,19-20,25-26,31H,13-16,18H2,1-5H3,(H,32,36)(H,33,35)/t19-,25?,26?/m0/s1. The molecular weight excluding hydrogens is 480 g/mol. The van der Waals surface area contributed by atoms with Gasteiger partial charge in [0.2, 0.25) is 11.8 Å². The minimum absolute atomic E-state index is 0.0671. The van der Waals surface area contributed by atoms with E-state index in [9.17, 15) is 14.4 Å². The molecule has 0 aliphatic carbocycles. The zero-order valence-corrected chi connectivity index (χ0v) is 23.0. The fourth-order valence-electron chi connectivity index (χ4n) is 5.17. The van der Waals surface area contributed by atoms with E-state index in [0.29, 0.717) is 38.3 Å². The fourth-order valence-corrected chi connectivity index (χ4v) is 5.17. The summed E-state index contributed by atoms with van der Waals surface area (Å²) in [4.78, 5) is 42.5. The highest BCUT2D eigenvalue weighted by Gasteiger charge is 2.43. The number of anilines is 1. The molecule has 8 nitrogen and oxygen atoms in total. The van der Waals surface area contributed by atoms with Crippen molar-refractivity contribution in [1.82, 2.24) is 15.5 Å². The predicted molar refractivity (Wildman–Crippen MR) is 148 cm³/mol. The summed E-state index contributed by atoms with van der Waals surface area (Å²) < 4.78 is 5.52. The van der Waals surface area contributed by atoms with Crippen LogP contribution in [0.15, 0.2) is 48.5 Å². The van der Waals surface area contributed by atoms with Crippen LogP contribution in [0.1, 0.15) is 63.3 Å². The number of likely N-dealkylation sites (N-methyl/N-ethyl adjacent to an activating group) is 1. The van der Waals surface area contributed by atoms with Crippen LogP contribution >= 0.6 is 0 Å². The van der Waals surface area contributed by atoms with Gasteiger partial charge in [0.15, 0.2) is 0 Å². The summed E-state index contributed by atoms with van der Waals surface area (Å²) in [6, 6.07) is 13.5. The van der Waals surface area contributed by atoms with Gasteiger partial charge in [0.1, 0.15) is 12.1 Å². The monoisotopic (exact) mass is 520 g/mol. The molecule has 2 heterocycles. The van der Waals surface area contributed by atoms with Gasteiger partial charge in [-0.25, -0.2) is 0 Å². The average molecular weight is 521 g/mol. The lowest BCUT2D eigenvalue weighted by atomic mass is 9.87. The van der Waals surface area contributed by atoms with Crippen molar-refractivity contribution in [2.24, 2.45) is 5.92 Å². The maximum absolute atomic E-state index is 14.2. The maximum Gasteiger partial charge on any atom is 0.251 e. The van der Waals surface area contributed by atoms with E-state index in [1.165, 1.54) is 0 Å². The van der Waals surface area contributed by atoms with E-state index in [-0.39, 0.29) is 29.1 Å². The van der Waals surface area contributed by atoms with Gasteiger partial charge < -0.3 is 25.6 Å². The lowest BCUT2D eigenvalue weighted by Crippen LogP contribution is -2.56. The summed E-state index contributed by atoms with van der Waals surface area (Å²) >= 11 is 0. The van der Waals surface area contributed by atoms with Gasteiger partial charge in [0, 0.05) is 25.4 Å². The Kier molecular flexibility index (Phi) is 8.53. The van der Waals surface area contributed by atoms with E-state index in [0.717, 1.165) is 16.7 Å². The molecule has 3 atom stereocenters. The minimum atomic E-state index is -0.794. The van der Waals surface area contributed by atoms with Crippen LogP contribution in [0.2, 0.25) is 0 Å². The van der Waals surface area contributed by atoms with Crippen LogP contribution in [0.3, 0.4) is 0 Å². The van der Waals surface area contributed by atoms with Crippen LogP contribution in [-0.2, 0) is 31.1 Å². The van der Waals surface area contributed by atoms with Crippen molar-refractivity contribution in [3.05, 3.63) is 65.2 Å². The molecule has 2 unspecified atom stereocenters. The molecule has 2 aliphatic rings. The number of ether oxygens (including phenoxy) is 1. The molecule has 8 heteroatoms. The second-order valence-electron chi connectivity index (χ2n) is 11.3. The highest BCUT2D eigenvalue weighted by Crippen LogP contribution is 2.36. The Morgan fingerprint density at radius 1 is 1.03 bits per heavy atom. The SMILES string of the molecule is CN[C@@H](C)C(=O)NC(C(=O)N1Cc2ccccc2C1C(=O)Nc1cccc(C(C)(C)C)c1)C1CCOCC1. The average Bonchev–Trinajstić information content (AvgIpc) is 3.30. The Morgan fingerprint density at radius 2 is 1.74 bits per heavy atom. The smallest absolute Gasteiger partial charge is 0.251 e. The Balaban J connectivity index is 1.64. The summed E-state index contributed by atoms with van der Waals surface area (Å²) in [5.74, 6) is -0.822. The molecule has 2 aromatic carbocycles. The molecular formula is C30H40N4O4. The van der Waals surface area contributed by atoms with Crippen LogP contribution in [0, 0.1) is 5.92 Å². The van der Waals surface area contributed by atoms with E-state index >= 15 is 0 Å². The van der Waals surface area contributed by atoms with Crippen LogP contribution in [0.25, 0.3) is 0 Å². The van der Waals surface area contributed by atoms with Crippen LogP contribution in [0.4, 0.5) is 5.69 Å². The topological polar surface area (TPSA) is 99.8 Å². The maximum atomic E-state index is 14.2. The number of hydrogen-bond donors (Lipinski definition) is 3. The third-order valence-corrected chi connectivity index (χ3v) is 7.66. The zero-order chi connectivity index (χ0) is 27.4. The molecule has 0 saturated carbocycles. The first-order chi connectivity index (χ1) is 18.1. The highest BCUT2D eigenvalue weighted by atomic mass is 16.5. The van der Waals surface area contributed by atoms with Crippen LogP contribution in [0.5, 0.6) is 0 Å². The number of carbonyl (C=O) groups excluding carboxylic acids is 3. The Bertz CT molecular complexity index is 1170. The molecule has 204 valence electrons. The second-order valence-corrected chi connectivity index (χ2v) is 11.3. The Hall–Kier alpha value is -3.23. The highest BCUT2D eigenvalue weighted by molar-refractivity contribution is 6.00. The van der Waals surface area contributed by atoms with Gasteiger partial charge in [0.05, 0.1) is 6.04 Å². The number of nitrogens with zero attached hydrogens (tertiary/aromatic N) is 1. The molecule has 3 amide bonds. The Labute approximate surface area is 225 Å². The van der Waals surface area contributed by atoms with Crippen molar-refractivity contribution in [2.75, 3.05) is 25.6 Å². The molecule has 2 aliphatic heterocycles. The van der Waals surface area contributed by atoms with Crippen molar-refractivity contribution in [2.45, 2.75) is 70.6 Å². The summed E-state index contributed by atoms with van der Waals surface area (Å²) in [6.07, 6.45) is 1.34. The van der Waals surface area contributed by atoms with Crippen molar-refractivity contribution in [3.63, 3.8) is 0 Å². The molecule has 0 radical (unpaired) electrons. The van der Waals surface area contributed by atoms with Gasteiger partial charge in [-0.1, -0.05) is 57.2 Å². The van der Waals surface area contributed by atoms with Crippen LogP contribution < -0.4 is 16.0 Å². The van der Waals surface area contributed by atoms with Gasteiger partial charge in [0.25, 0.3) is 5.91 Å². The number of fused-ring (bicyclic) bond motifs is 1. The number of nitrogens with one attached hydrogen (secondary N) is 3. The first kappa shape index (κ1) is 27.8. The van der Waals surface area contributed by atoms with E-state index < -0.39 is 18.1 Å². The molecule has 4 rings (SSSR count). The molecule has 2 aromatic rings. The summed E-state index contributed by atoms with van der Waals surface area (Å²) in [5.41, 5.74) is 3.48. The number of amides is 3. The normalized spacial score (nSPS) is 19.4. The summed E-state index contributed by atoms with van der Waals surface area (Å²) in [6.45, 7) is 9.53. The lowest BCUT2D eigenvalue weighted by Gasteiger charge is -2.35. The van der Waals surface area contributed by atoms with E-state index in [1.54, 1.807) is 18.9 Å². The third kappa shape index (κ3) is 6.08. The quantitative estimate of drug-likeness (QED) is 0.519. The predicted octanol–water partition coefficient (Wildman–Crippen LogP) is 3.53. The van der Waals surface area contributed by atoms with E-state index in [1.807, 2.05) is 48.5 Å². The second kappa shape index (κ2) is 11.7. The van der Waals surface area contributed by atoms with E-state index in [4.69, 9.17) is 4.74 Å². The largest absolute Gasteiger partial charge is 0.381 e. The molecule has 0 aromatic heterocycles. The molecule has 1 fully saturated rings. The minimum Gasteiger partial charge on any atom is -0.381 e. The van der Waals surface area contributed by atoms with Gasteiger partial charge in [-0.15, -0.1) is 0 Å². The third-order valence-electron chi connectivity index (χ3n) is 7.66. The van der Waals surface area contributed by atoms with Gasteiger partial charge >= 0.3 is 0 Å². The number of rotatable bonds is 7. The lowest BCUT2D eigenvalue weighted by molar-refractivity contribution is -0.144. The van der Waals surface area contributed by atoms with Gasteiger partial charge in [-0.05, 0) is 67.0 Å². The first-order valence-electron chi connectivity index (χ1n) is 13.4. The summed E-state index contributed by atoms with van der Waals surface area (Å²) in [7, 11) is 1.71. The van der Waals surface area contributed by atoms with Gasteiger partial charge in [-0.2, -0.15) is 0 Å². The van der Waals surface area contributed by atoms with Gasteiger partial charge in [-0.3, -0.25) is 14.4 Å². The van der Waals surface area contributed by atoms with Crippen molar-refractivity contribution in [3.8, 4) is 0 Å². The molecule has 0 spiro atoms. The van der Waals surface area contributed by atoms with E-state index in [2.05, 4.69) is 36.7 Å². The zero-order valence-electron chi connectivity index (χ0n) is 23.0. The number of carbonyl (C=O) groups is 3.